The summed E-state index contributed by atoms with van der Waals surface area (Å²) < 4.78 is 5.10. The van der Waals surface area contributed by atoms with Gasteiger partial charge in [0.15, 0.2) is 11.4 Å². The number of methoxy groups -OCH3 is 1. The molecular weight excluding hydrogens is 1590 g/mol. The number of aromatic nitrogens is 8. The molecule has 0 amide bonds. The van der Waals surface area contributed by atoms with Crippen LogP contribution in [0.5, 0.6) is 5.75 Å². The highest BCUT2D eigenvalue weighted by atomic mass is 16.5. The molecule has 10 rings (SSSR count). The molecule has 0 unspecified atom stereocenters. The van der Waals surface area contributed by atoms with Crippen molar-refractivity contribution in [3.8, 4) is 66.4 Å². The van der Waals surface area contributed by atoms with E-state index in [4.69, 9.17) is 57.4 Å². The van der Waals surface area contributed by atoms with Crippen molar-refractivity contribution in [1.82, 2.24) is 40.1 Å². The Morgan fingerprint density at radius 3 is 1.10 bits per heavy atom. The van der Waals surface area contributed by atoms with E-state index < -0.39 is 0 Å². The molecule has 6 aromatic heterocycles. The van der Waals surface area contributed by atoms with Gasteiger partial charge in [0.2, 0.25) is 0 Å². The van der Waals surface area contributed by atoms with Crippen LogP contribution < -0.4 is 57.9 Å². The number of pyridine rings is 4. The predicted octanol–water partition coefficient (Wildman–Crippen LogP) is 20.5. The van der Waals surface area contributed by atoms with Crippen LogP contribution in [0.25, 0.3) is 0 Å². The number of aryl methyl sites for hydroxylation is 5. The molecule has 29 heteroatoms. The van der Waals surface area contributed by atoms with Crippen molar-refractivity contribution in [3.05, 3.63) is 242 Å². The first-order valence-electron chi connectivity index (χ1n) is 41.4. The summed E-state index contributed by atoms with van der Waals surface area (Å²) in [4.78, 5) is 24.4. The van der Waals surface area contributed by atoms with Gasteiger partial charge in [0.05, 0.1) is 99.9 Å². The zero-order valence-electron chi connectivity index (χ0n) is 78.2. The molecule has 29 nitrogen and oxygen atoms in total. The van der Waals surface area contributed by atoms with E-state index in [0.29, 0.717) is 128 Å². The minimum Gasteiger partial charge on any atom is -0.495 e. The molecule has 0 radical (unpaired) electrons. The van der Waals surface area contributed by atoms with Crippen LogP contribution in [-0.2, 0) is 0 Å². The molecule has 0 aliphatic carbocycles. The number of benzene rings is 4. The first kappa shape index (κ1) is 109. The summed E-state index contributed by atoms with van der Waals surface area (Å²) in [5.41, 5.74) is 15.6. The van der Waals surface area contributed by atoms with Crippen molar-refractivity contribution in [3.63, 3.8) is 0 Å². The Morgan fingerprint density at radius 1 is 0.260 bits per heavy atom. The summed E-state index contributed by atoms with van der Waals surface area (Å²) in [5, 5.41) is 126. The number of hydrogen-bond donors (Lipinski definition) is 10. The number of nitrogens with zero attached hydrogens (tertiary/aromatic N) is 18. The summed E-state index contributed by atoms with van der Waals surface area (Å²) >= 11 is 0. The third-order valence-corrected chi connectivity index (χ3v) is 15.5. The summed E-state index contributed by atoms with van der Waals surface area (Å²) in [6.45, 7) is 50.7. The Labute approximate surface area is 753 Å². The van der Waals surface area contributed by atoms with Gasteiger partial charge >= 0.3 is 0 Å². The number of ether oxygens (including phenoxy) is 1. The SMILES string of the molecule is CC(C)Nc1ccc(C#N)cc1.CC(C)Nc1ccc(C#N)cn1.CC(C)Nc1ccc(C#N)nc1.CC(C)Nc1ccc(C#N)nn1.CC(C)Nc1cnc(C#N)cn1.COc1cc(NC(C)C)ccc1C#N.Cc1cc(C#N)ccc1NC(C)C.Cc1cc(NC(C)C)ccc1C#N.Cc1cc(NC(C)C)nc(C)c1C#N.Cc1nc(NC(C)C)ccc1C#N. The topological polar surface area (TPSA) is 471 Å². The van der Waals surface area contributed by atoms with Crippen molar-refractivity contribution in [2.45, 2.75) is 234 Å². The highest BCUT2D eigenvalue weighted by Gasteiger charge is 2.10. The maximum Gasteiger partial charge on any atom is 0.163 e. The van der Waals surface area contributed by atoms with Gasteiger partial charge in [0, 0.05) is 95.4 Å². The lowest BCUT2D eigenvalue weighted by molar-refractivity contribution is 0.413. The fourth-order valence-electron chi connectivity index (χ4n) is 10.3. The minimum atomic E-state index is 0.326. The van der Waals surface area contributed by atoms with Crippen LogP contribution in [0.15, 0.2) is 158 Å². The van der Waals surface area contributed by atoms with E-state index in [1.165, 1.54) is 6.20 Å². The van der Waals surface area contributed by atoms with Gasteiger partial charge in [-0.2, -0.15) is 52.6 Å². The number of hydrogen-bond acceptors (Lipinski definition) is 29. The lowest BCUT2D eigenvalue weighted by Crippen LogP contribution is -2.12. The standard InChI is InChI=1S/C11H15N3.C11H14N2O.2C11H14N2.C10H13N3.C10H12N2.2C9H11N3.2C8H10N4/c1-7(2)13-11-5-8(3)10(6-12)9(4)14-11;1-8(2)13-10-5-4-9(7-12)11(6-10)14-3;1-8(2)13-11-5-4-10(7-12)9(3)6-11;1-8(2)13-11-5-4-10(7-12)6-9(11)3;1-7(2)12-10-5-4-9(6-11)8(3)13-10;1-8(2)12-10-5-3-9(7-11)4-6-10;1-7(2)12-9-4-3-8(5-10)11-6-9;1-7(2)12-9-4-3-8(5-10)6-11-9;1-6(2)12-8-5-10-7(3-9)4-11-8;1-6(2)10-8-4-3-7(5-9)11-12-8/h5,7H,1-4H3,(H,13,14);4-6,8,13H,1-3H3;2*4-6,8,13H,1-3H3;4-5,7H,1-3H3,(H,12,13);3-6,8,12H,1-2H3;3-4,6-7,12H,1-2H3;3-4,6-7H,1-2H3,(H,11,12);4-6H,1-2H3,(H,11,12);3-4,6H,1-2H3,(H,10,12). The van der Waals surface area contributed by atoms with Crippen LogP contribution in [0.1, 0.15) is 223 Å². The zero-order chi connectivity index (χ0) is 95.7. The van der Waals surface area contributed by atoms with Crippen molar-refractivity contribution < 1.29 is 4.74 Å². The molecule has 10 aromatic rings. The van der Waals surface area contributed by atoms with Crippen molar-refractivity contribution in [2.75, 3.05) is 60.3 Å². The van der Waals surface area contributed by atoms with Crippen molar-refractivity contribution in [1.29, 1.82) is 52.6 Å². The smallest absolute Gasteiger partial charge is 0.163 e. The average Bonchev–Trinajstić information content (AvgIpc) is 0.841. The molecule has 0 saturated heterocycles. The van der Waals surface area contributed by atoms with Gasteiger partial charge in [-0.05, 0) is 317 Å². The quantitative estimate of drug-likeness (QED) is 0.0319. The first-order chi connectivity index (χ1) is 60.2. The largest absolute Gasteiger partial charge is 0.495 e. The Kier molecular flexibility index (Phi) is 52.3. The minimum absolute atomic E-state index is 0.326. The molecule has 0 aliphatic rings. The van der Waals surface area contributed by atoms with Gasteiger partial charge in [0.1, 0.15) is 83.0 Å². The fraction of sp³-hybridized carbons (Fsp3) is 0.367. The third-order valence-electron chi connectivity index (χ3n) is 15.5. The number of anilines is 10. The second kappa shape index (κ2) is 60.8. The molecule has 4 aromatic carbocycles. The molecule has 0 aliphatic heterocycles. The van der Waals surface area contributed by atoms with Gasteiger partial charge in [-0.25, -0.2) is 29.9 Å². The Morgan fingerprint density at radius 2 is 0.677 bits per heavy atom. The lowest BCUT2D eigenvalue weighted by atomic mass is 10.1. The maximum atomic E-state index is 8.86. The van der Waals surface area contributed by atoms with Gasteiger partial charge in [0.25, 0.3) is 0 Å². The van der Waals surface area contributed by atoms with Crippen LogP contribution in [0.2, 0.25) is 0 Å². The lowest BCUT2D eigenvalue weighted by Gasteiger charge is -2.12. The molecule has 127 heavy (non-hydrogen) atoms. The van der Waals surface area contributed by atoms with Gasteiger partial charge in [-0.15, -0.1) is 10.2 Å². The van der Waals surface area contributed by atoms with E-state index in [2.05, 4.69) is 227 Å². The molecule has 0 spiro atoms. The molecular formula is C98H124N28O. The number of rotatable bonds is 21. The molecule has 662 valence electrons. The first-order valence-corrected chi connectivity index (χ1v) is 41.4. The average molecular weight is 1710 g/mol. The van der Waals surface area contributed by atoms with Crippen LogP contribution in [0.4, 0.5) is 57.5 Å². The molecule has 0 saturated carbocycles. The van der Waals surface area contributed by atoms with Crippen molar-refractivity contribution >= 4 is 57.5 Å². The Balaban J connectivity index is 0.000000706. The van der Waals surface area contributed by atoms with Gasteiger partial charge in [-0.3, -0.25) is 0 Å². The van der Waals surface area contributed by atoms with Crippen molar-refractivity contribution in [2.24, 2.45) is 0 Å². The summed E-state index contributed by atoms with van der Waals surface area (Å²) in [6, 6.07) is 64.6. The van der Waals surface area contributed by atoms with Gasteiger partial charge in [-0.1, -0.05) is 0 Å². The van der Waals surface area contributed by atoms with E-state index in [9.17, 15) is 0 Å². The highest BCUT2D eigenvalue weighted by Crippen LogP contribution is 2.24. The summed E-state index contributed by atoms with van der Waals surface area (Å²) in [5.74, 6) is 4.48. The Hall–Kier alpha value is -15.7. The van der Waals surface area contributed by atoms with Crippen LogP contribution in [0, 0.1) is 148 Å². The monoisotopic (exact) mass is 1710 g/mol. The zero-order valence-corrected chi connectivity index (χ0v) is 78.2. The van der Waals surface area contributed by atoms with E-state index >= 15 is 0 Å². The highest BCUT2D eigenvalue weighted by molar-refractivity contribution is 5.58. The molecule has 6 heterocycles. The molecule has 10 N–H and O–H groups in total. The molecule has 0 bridgehead atoms. The van der Waals surface area contributed by atoms with Crippen LogP contribution in [-0.4, -0.2) is 108 Å². The van der Waals surface area contributed by atoms with Crippen LogP contribution in [0.3, 0.4) is 0 Å². The van der Waals surface area contributed by atoms with E-state index in [0.717, 1.165) is 79.5 Å². The molecule has 0 fully saturated rings. The maximum absolute atomic E-state index is 8.86. The number of nitriles is 10. The second-order valence-corrected chi connectivity index (χ2v) is 31.2. The number of nitrogens with one attached hydrogen (secondary N) is 10. The third kappa shape index (κ3) is 48.0. The predicted molar refractivity (Wildman–Crippen MR) is 512 cm³/mol. The second-order valence-electron chi connectivity index (χ2n) is 31.2. The van der Waals surface area contributed by atoms with E-state index in [1.807, 2.05) is 191 Å². The molecule has 0 atom stereocenters. The fourth-order valence-corrected chi connectivity index (χ4v) is 10.3. The normalized spacial score (nSPS) is 9.65. The van der Waals surface area contributed by atoms with Gasteiger partial charge < -0.3 is 57.9 Å². The summed E-state index contributed by atoms with van der Waals surface area (Å²) in [7, 11) is 1.56. The Bertz CT molecular complexity index is 4920. The van der Waals surface area contributed by atoms with E-state index in [1.54, 1.807) is 68.2 Å². The van der Waals surface area contributed by atoms with E-state index in [-0.39, 0.29) is 0 Å². The summed E-state index contributed by atoms with van der Waals surface area (Å²) in [6.07, 6.45) is 6.23. The van der Waals surface area contributed by atoms with Crippen LogP contribution >= 0.6 is 0 Å².